The Bertz CT molecular complexity index is 607. The van der Waals surface area contributed by atoms with Crippen molar-refractivity contribution in [3.05, 3.63) is 24.3 Å². The van der Waals surface area contributed by atoms with Crippen molar-refractivity contribution in [2.75, 3.05) is 24.6 Å². The van der Waals surface area contributed by atoms with Gasteiger partial charge in [0.2, 0.25) is 12.2 Å². The van der Waals surface area contributed by atoms with Gasteiger partial charge in [0.1, 0.15) is 12.1 Å². The van der Waals surface area contributed by atoms with Gasteiger partial charge in [-0.25, -0.2) is 9.37 Å². The molecule has 0 spiro atoms. The fourth-order valence-electron chi connectivity index (χ4n) is 2.38. The van der Waals surface area contributed by atoms with E-state index in [0.717, 1.165) is 11.5 Å². The minimum Gasteiger partial charge on any atom is -0.348 e. The standard InChI is InChI=1S/C13H15FN4O2/c14-11-6-17(3-4-19-11)12-7-18(8-15-12)13-5-10(16-20-13)9-1-2-9/h5,7-9,11H,1-4,6H2. The van der Waals surface area contributed by atoms with Crippen LogP contribution >= 0.6 is 0 Å². The number of hydrogen-bond acceptors (Lipinski definition) is 5. The summed E-state index contributed by atoms with van der Waals surface area (Å²) >= 11 is 0. The van der Waals surface area contributed by atoms with Crippen molar-refractivity contribution in [1.29, 1.82) is 0 Å². The number of hydrogen-bond donors (Lipinski definition) is 0. The molecule has 0 radical (unpaired) electrons. The lowest BCUT2D eigenvalue weighted by molar-refractivity contribution is -0.0466. The fraction of sp³-hybridized carbons (Fsp3) is 0.538. The zero-order valence-corrected chi connectivity index (χ0v) is 10.9. The molecule has 20 heavy (non-hydrogen) atoms. The molecule has 2 aromatic heterocycles. The van der Waals surface area contributed by atoms with Crippen molar-refractivity contribution in [2.45, 2.75) is 25.1 Å². The summed E-state index contributed by atoms with van der Waals surface area (Å²) in [6, 6.07) is 1.94. The molecule has 0 amide bonds. The highest BCUT2D eigenvalue weighted by Crippen LogP contribution is 2.39. The Morgan fingerprint density at radius 3 is 3.05 bits per heavy atom. The molecule has 2 aromatic rings. The largest absolute Gasteiger partial charge is 0.348 e. The van der Waals surface area contributed by atoms with E-state index in [-0.39, 0.29) is 6.54 Å². The Kier molecular flexibility index (Phi) is 2.73. The molecule has 0 N–H and O–H groups in total. The number of anilines is 1. The number of aromatic nitrogens is 3. The lowest BCUT2D eigenvalue weighted by atomic mass is 10.3. The quantitative estimate of drug-likeness (QED) is 0.858. The van der Waals surface area contributed by atoms with Crippen molar-refractivity contribution in [3.8, 4) is 5.88 Å². The summed E-state index contributed by atoms with van der Waals surface area (Å²) in [5, 5.41) is 4.07. The second-order valence-electron chi connectivity index (χ2n) is 5.23. The predicted octanol–water partition coefficient (Wildman–Crippen LogP) is 1.87. The lowest BCUT2D eigenvalue weighted by Crippen LogP contribution is -2.40. The first-order valence-electron chi connectivity index (χ1n) is 6.81. The van der Waals surface area contributed by atoms with E-state index in [1.165, 1.54) is 12.8 Å². The first-order valence-corrected chi connectivity index (χ1v) is 6.81. The van der Waals surface area contributed by atoms with E-state index in [2.05, 4.69) is 10.1 Å². The van der Waals surface area contributed by atoms with Gasteiger partial charge in [-0.1, -0.05) is 5.16 Å². The van der Waals surface area contributed by atoms with Gasteiger partial charge in [-0.2, -0.15) is 0 Å². The summed E-state index contributed by atoms with van der Waals surface area (Å²) in [5.41, 5.74) is 1.01. The number of halogens is 1. The zero-order chi connectivity index (χ0) is 13.5. The molecule has 106 valence electrons. The molecule has 6 nitrogen and oxygen atoms in total. The minimum absolute atomic E-state index is 0.209. The maximum Gasteiger partial charge on any atom is 0.236 e. The predicted molar refractivity (Wildman–Crippen MR) is 68.7 cm³/mol. The summed E-state index contributed by atoms with van der Waals surface area (Å²) in [6.07, 6.45) is 4.62. The molecule has 0 bridgehead atoms. The van der Waals surface area contributed by atoms with E-state index < -0.39 is 6.36 Å². The normalized spacial score (nSPS) is 23.2. The highest BCUT2D eigenvalue weighted by molar-refractivity contribution is 5.39. The molecular weight excluding hydrogens is 263 g/mol. The molecule has 7 heteroatoms. The van der Waals surface area contributed by atoms with Crippen LogP contribution < -0.4 is 4.90 Å². The number of rotatable bonds is 3. The van der Waals surface area contributed by atoms with Crippen molar-refractivity contribution >= 4 is 5.82 Å². The van der Waals surface area contributed by atoms with Crippen LogP contribution in [0.5, 0.6) is 0 Å². The Hall–Kier alpha value is -1.89. The smallest absolute Gasteiger partial charge is 0.236 e. The number of alkyl halides is 1. The topological polar surface area (TPSA) is 56.3 Å². The molecule has 1 saturated heterocycles. The molecule has 1 aliphatic heterocycles. The van der Waals surface area contributed by atoms with Crippen LogP contribution in [0.15, 0.2) is 23.1 Å². The van der Waals surface area contributed by atoms with Gasteiger partial charge in [0.15, 0.2) is 0 Å². The summed E-state index contributed by atoms with van der Waals surface area (Å²) in [4.78, 5) is 6.16. The average Bonchev–Trinajstić information content (AvgIpc) is 3.01. The van der Waals surface area contributed by atoms with Crippen LogP contribution in [-0.4, -0.2) is 40.8 Å². The van der Waals surface area contributed by atoms with Crippen LogP contribution in [0.1, 0.15) is 24.5 Å². The first kappa shape index (κ1) is 11.9. The SMILES string of the molecule is FC1CN(c2cn(-c3cc(C4CC4)no3)cn2)CCO1. The zero-order valence-electron chi connectivity index (χ0n) is 10.9. The van der Waals surface area contributed by atoms with E-state index >= 15 is 0 Å². The molecule has 2 fully saturated rings. The van der Waals surface area contributed by atoms with Crippen LogP contribution in [0.4, 0.5) is 10.2 Å². The van der Waals surface area contributed by atoms with Crippen LogP contribution in [0.25, 0.3) is 5.88 Å². The van der Waals surface area contributed by atoms with Crippen LogP contribution in [0.2, 0.25) is 0 Å². The molecule has 1 unspecified atom stereocenters. The van der Waals surface area contributed by atoms with E-state index in [4.69, 9.17) is 9.26 Å². The Balaban J connectivity index is 1.54. The van der Waals surface area contributed by atoms with E-state index in [0.29, 0.717) is 25.0 Å². The summed E-state index contributed by atoms with van der Waals surface area (Å²) in [5.74, 6) is 1.93. The molecule has 3 heterocycles. The second-order valence-corrected chi connectivity index (χ2v) is 5.23. The van der Waals surface area contributed by atoms with Crippen LogP contribution in [0.3, 0.4) is 0 Å². The van der Waals surface area contributed by atoms with Gasteiger partial charge >= 0.3 is 0 Å². The van der Waals surface area contributed by atoms with Gasteiger partial charge in [-0.15, -0.1) is 0 Å². The Morgan fingerprint density at radius 1 is 1.35 bits per heavy atom. The molecule has 0 aromatic carbocycles. The third kappa shape index (κ3) is 2.18. The number of ether oxygens (including phenoxy) is 1. The summed E-state index contributed by atoms with van der Waals surface area (Å²) < 4.78 is 25.2. The van der Waals surface area contributed by atoms with Crippen molar-refractivity contribution < 1.29 is 13.7 Å². The van der Waals surface area contributed by atoms with Gasteiger partial charge in [-0.3, -0.25) is 4.57 Å². The molecule has 1 atom stereocenters. The van der Waals surface area contributed by atoms with E-state index in [1.807, 2.05) is 17.2 Å². The van der Waals surface area contributed by atoms with E-state index in [1.54, 1.807) is 10.9 Å². The number of imidazole rings is 1. The third-order valence-corrected chi connectivity index (χ3v) is 3.68. The third-order valence-electron chi connectivity index (χ3n) is 3.68. The Morgan fingerprint density at radius 2 is 2.25 bits per heavy atom. The number of nitrogens with zero attached hydrogens (tertiary/aromatic N) is 4. The maximum atomic E-state index is 13.2. The van der Waals surface area contributed by atoms with E-state index in [9.17, 15) is 4.39 Å². The molecule has 2 aliphatic rings. The highest BCUT2D eigenvalue weighted by atomic mass is 19.1. The minimum atomic E-state index is -1.25. The van der Waals surface area contributed by atoms with Crippen molar-refractivity contribution in [2.24, 2.45) is 0 Å². The first-order chi connectivity index (χ1) is 9.79. The van der Waals surface area contributed by atoms with Crippen molar-refractivity contribution in [1.82, 2.24) is 14.7 Å². The maximum absolute atomic E-state index is 13.2. The average molecular weight is 278 g/mol. The van der Waals surface area contributed by atoms with Gasteiger partial charge in [-0.05, 0) is 12.8 Å². The van der Waals surface area contributed by atoms with Crippen molar-refractivity contribution in [3.63, 3.8) is 0 Å². The Labute approximate surface area is 115 Å². The van der Waals surface area contributed by atoms with Gasteiger partial charge in [0.25, 0.3) is 0 Å². The summed E-state index contributed by atoms with van der Waals surface area (Å²) in [7, 11) is 0. The second kappa shape index (κ2) is 4.59. The van der Waals surface area contributed by atoms with Gasteiger partial charge < -0.3 is 14.2 Å². The number of morpholine rings is 1. The molecule has 4 rings (SSSR count). The van der Waals surface area contributed by atoms with Crippen LogP contribution in [-0.2, 0) is 4.74 Å². The summed E-state index contributed by atoms with van der Waals surface area (Å²) in [6.45, 7) is 1.23. The van der Waals surface area contributed by atoms with Gasteiger partial charge in [0, 0.05) is 18.5 Å². The molecular formula is C13H15FN4O2. The highest BCUT2D eigenvalue weighted by Gasteiger charge is 2.27. The molecule has 1 saturated carbocycles. The lowest BCUT2D eigenvalue weighted by Gasteiger charge is -2.28. The monoisotopic (exact) mass is 278 g/mol. The fourth-order valence-corrected chi connectivity index (χ4v) is 2.38. The molecule has 1 aliphatic carbocycles. The van der Waals surface area contributed by atoms with Crippen LogP contribution in [0, 0.1) is 0 Å². The van der Waals surface area contributed by atoms with Gasteiger partial charge in [0.05, 0.1) is 25.0 Å².